The van der Waals surface area contributed by atoms with E-state index in [0.29, 0.717) is 0 Å². The fourth-order valence-corrected chi connectivity index (χ4v) is 2.74. The summed E-state index contributed by atoms with van der Waals surface area (Å²) in [6.45, 7) is 2.95. The van der Waals surface area contributed by atoms with E-state index >= 15 is 0 Å². The minimum absolute atomic E-state index is 0.818. The highest BCUT2D eigenvalue weighted by Crippen LogP contribution is 2.17. The largest absolute Gasteiger partial charge is 0.380 e. The van der Waals surface area contributed by atoms with Gasteiger partial charge in [-0.25, -0.2) is 9.67 Å². The maximum absolute atomic E-state index is 4.36. The van der Waals surface area contributed by atoms with E-state index < -0.39 is 0 Å². The minimum Gasteiger partial charge on any atom is -0.380 e. The van der Waals surface area contributed by atoms with Crippen molar-refractivity contribution in [3.63, 3.8) is 0 Å². The zero-order valence-electron chi connectivity index (χ0n) is 11.3. The molecule has 0 unspecified atom stereocenters. The Morgan fingerprint density at radius 2 is 2.10 bits per heavy atom. The Balaban J connectivity index is 1.63. The third-order valence-electron chi connectivity index (χ3n) is 3.01. The number of nitrogens with zero attached hydrogens (tertiary/aromatic N) is 3. The first kappa shape index (κ1) is 12.9. The molecule has 0 aliphatic rings. The van der Waals surface area contributed by atoms with Gasteiger partial charge in [0.05, 0.1) is 17.2 Å². The number of nitrogens with one attached hydrogen (secondary N) is 1. The van der Waals surface area contributed by atoms with Gasteiger partial charge in [-0.15, -0.1) is 11.3 Å². The summed E-state index contributed by atoms with van der Waals surface area (Å²) in [5.41, 5.74) is 2.17. The molecule has 3 aromatic rings. The molecule has 0 saturated carbocycles. The summed E-state index contributed by atoms with van der Waals surface area (Å²) in [6, 6.07) is 10.2. The summed E-state index contributed by atoms with van der Waals surface area (Å²) >= 11 is 1.77. The van der Waals surface area contributed by atoms with Crippen LogP contribution in [0.15, 0.2) is 48.9 Å². The predicted octanol–water partition coefficient (Wildman–Crippen LogP) is 3.50. The Hall–Kier alpha value is -2.14. The van der Waals surface area contributed by atoms with Crippen LogP contribution in [0.2, 0.25) is 0 Å². The molecule has 0 fully saturated rings. The Morgan fingerprint density at radius 1 is 1.25 bits per heavy atom. The van der Waals surface area contributed by atoms with Gasteiger partial charge in [-0.05, 0) is 36.8 Å². The first-order valence-corrected chi connectivity index (χ1v) is 7.44. The molecule has 0 aliphatic carbocycles. The first-order valence-electron chi connectivity index (χ1n) is 6.62. The van der Waals surface area contributed by atoms with Gasteiger partial charge in [0.25, 0.3) is 0 Å². The van der Waals surface area contributed by atoms with Gasteiger partial charge in [0, 0.05) is 29.2 Å². The standard InChI is InChI=1S/C15H16N4S/c1-2-15-17-11-14(20-15)10-16-12-4-6-13(7-5-12)19-9-3-8-18-19/h3-9,11,16H,2,10H2,1H3. The first-order chi connectivity index (χ1) is 9.85. The Labute approximate surface area is 122 Å². The number of rotatable bonds is 5. The molecule has 3 rings (SSSR count). The van der Waals surface area contributed by atoms with Crippen LogP contribution < -0.4 is 5.32 Å². The number of hydrogen-bond acceptors (Lipinski definition) is 4. The highest BCUT2D eigenvalue weighted by Gasteiger charge is 2.01. The third-order valence-corrected chi connectivity index (χ3v) is 4.15. The van der Waals surface area contributed by atoms with Gasteiger partial charge in [0.1, 0.15) is 0 Å². The summed E-state index contributed by atoms with van der Waals surface area (Å²) < 4.78 is 1.85. The van der Waals surface area contributed by atoms with Crippen LogP contribution in [0.25, 0.3) is 5.69 Å². The molecular formula is C15H16N4S. The zero-order valence-corrected chi connectivity index (χ0v) is 12.1. The third kappa shape index (κ3) is 2.88. The van der Waals surface area contributed by atoms with Gasteiger partial charge in [-0.2, -0.15) is 5.10 Å². The van der Waals surface area contributed by atoms with Gasteiger partial charge < -0.3 is 5.32 Å². The molecule has 0 spiro atoms. The molecule has 2 aromatic heterocycles. The lowest BCUT2D eigenvalue weighted by Gasteiger charge is -2.06. The van der Waals surface area contributed by atoms with Gasteiger partial charge in [0.15, 0.2) is 0 Å². The monoisotopic (exact) mass is 284 g/mol. The minimum atomic E-state index is 0.818. The lowest BCUT2D eigenvalue weighted by atomic mass is 10.3. The molecule has 1 N–H and O–H groups in total. The van der Waals surface area contributed by atoms with E-state index in [1.54, 1.807) is 17.5 Å². The van der Waals surface area contributed by atoms with E-state index in [-0.39, 0.29) is 0 Å². The average Bonchev–Trinajstić information content (AvgIpc) is 3.17. The summed E-state index contributed by atoms with van der Waals surface area (Å²) in [7, 11) is 0. The van der Waals surface area contributed by atoms with E-state index in [4.69, 9.17) is 0 Å². The molecule has 0 aliphatic heterocycles. The van der Waals surface area contributed by atoms with Gasteiger partial charge in [-0.1, -0.05) is 6.92 Å². The number of hydrogen-bond donors (Lipinski definition) is 1. The van der Waals surface area contributed by atoms with Crippen molar-refractivity contribution in [3.05, 3.63) is 58.8 Å². The Morgan fingerprint density at radius 3 is 2.75 bits per heavy atom. The molecule has 4 nitrogen and oxygen atoms in total. The summed E-state index contributed by atoms with van der Waals surface area (Å²) in [6.07, 6.45) is 6.67. The van der Waals surface area contributed by atoms with Crippen LogP contribution in [0.4, 0.5) is 5.69 Å². The van der Waals surface area contributed by atoms with Crippen molar-refractivity contribution >= 4 is 17.0 Å². The van der Waals surface area contributed by atoms with Crippen LogP contribution in [0.5, 0.6) is 0 Å². The van der Waals surface area contributed by atoms with Gasteiger partial charge >= 0.3 is 0 Å². The van der Waals surface area contributed by atoms with E-state index in [1.807, 2.05) is 23.1 Å². The van der Waals surface area contributed by atoms with Gasteiger partial charge in [-0.3, -0.25) is 0 Å². The molecule has 0 atom stereocenters. The van der Waals surface area contributed by atoms with Crippen LogP contribution in [0.3, 0.4) is 0 Å². The maximum Gasteiger partial charge on any atom is 0.0925 e. The molecule has 2 heterocycles. The number of anilines is 1. The van der Waals surface area contributed by atoms with E-state index in [1.165, 1.54) is 9.88 Å². The molecule has 5 heteroatoms. The van der Waals surface area contributed by atoms with Crippen LogP contribution >= 0.6 is 11.3 Å². The lowest BCUT2D eigenvalue weighted by Crippen LogP contribution is -1.98. The molecule has 20 heavy (non-hydrogen) atoms. The molecule has 0 amide bonds. The van der Waals surface area contributed by atoms with Crippen LogP contribution in [0.1, 0.15) is 16.8 Å². The van der Waals surface area contributed by atoms with E-state index in [2.05, 4.69) is 46.6 Å². The molecular weight excluding hydrogens is 268 g/mol. The van der Waals surface area contributed by atoms with Gasteiger partial charge in [0.2, 0.25) is 0 Å². The number of thiazole rings is 1. The molecule has 1 aromatic carbocycles. The maximum atomic E-state index is 4.36. The summed E-state index contributed by atoms with van der Waals surface area (Å²) in [4.78, 5) is 5.62. The SMILES string of the molecule is CCc1ncc(CNc2ccc(-n3cccn3)cc2)s1. The topological polar surface area (TPSA) is 42.7 Å². The van der Waals surface area contributed by atoms with Crippen molar-refractivity contribution in [1.29, 1.82) is 0 Å². The fourth-order valence-electron chi connectivity index (χ4n) is 1.94. The van der Waals surface area contributed by atoms with Crippen LogP contribution in [-0.2, 0) is 13.0 Å². The Bertz CT molecular complexity index is 656. The van der Waals surface area contributed by atoms with Crippen molar-refractivity contribution in [1.82, 2.24) is 14.8 Å². The van der Waals surface area contributed by atoms with Crippen molar-refractivity contribution in [2.45, 2.75) is 19.9 Å². The highest BCUT2D eigenvalue weighted by atomic mass is 32.1. The predicted molar refractivity (Wildman–Crippen MR) is 82.4 cm³/mol. The smallest absolute Gasteiger partial charge is 0.0925 e. The summed E-state index contributed by atoms with van der Waals surface area (Å²) in [5.74, 6) is 0. The fraction of sp³-hybridized carbons (Fsp3) is 0.200. The van der Waals surface area contributed by atoms with Crippen LogP contribution in [0, 0.1) is 0 Å². The highest BCUT2D eigenvalue weighted by molar-refractivity contribution is 7.11. The van der Waals surface area contributed by atoms with E-state index in [9.17, 15) is 0 Å². The average molecular weight is 284 g/mol. The zero-order chi connectivity index (χ0) is 13.8. The normalized spacial score (nSPS) is 10.7. The molecule has 0 bridgehead atoms. The van der Waals surface area contributed by atoms with Crippen molar-refractivity contribution in [3.8, 4) is 5.69 Å². The molecule has 0 radical (unpaired) electrons. The summed E-state index contributed by atoms with van der Waals surface area (Å²) in [5, 5.41) is 8.81. The quantitative estimate of drug-likeness (QED) is 0.779. The number of aryl methyl sites for hydroxylation is 1. The van der Waals surface area contributed by atoms with E-state index in [0.717, 1.165) is 24.3 Å². The van der Waals surface area contributed by atoms with Crippen molar-refractivity contribution in [2.75, 3.05) is 5.32 Å². The second-order valence-corrected chi connectivity index (χ2v) is 5.62. The molecule has 102 valence electrons. The molecule has 0 saturated heterocycles. The van der Waals surface area contributed by atoms with Crippen molar-refractivity contribution in [2.24, 2.45) is 0 Å². The second-order valence-electron chi connectivity index (χ2n) is 4.42. The Kier molecular flexibility index (Phi) is 3.78. The second kappa shape index (κ2) is 5.88. The van der Waals surface area contributed by atoms with Crippen LogP contribution in [-0.4, -0.2) is 14.8 Å². The lowest BCUT2D eigenvalue weighted by molar-refractivity contribution is 0.880. The number of benzene rings is 1. The number of aromatic nitrogens is 3. The van der Waals surface area contributed by atoms with Crippen molar-refractivity contribution < 1.29 is 0 Å².